The van der Waals surface area contributed by atoms with Gasteiger partial charge in [-0.05, 0) is 42.4 Å². The lowest BCUT2D eigenvalue weighted by Gasteiger charge is -2.35. The van der Waals surface area contributed by atoms with Gasteiger partial charge in [0.15, 0.2) is 0 Å². The standard InChI is InChI=1S/C19H27NO4S/c1-14-15(13-25(2)24)7-6-8-16(14)20-17(21)11-19(12-18(22)23)9-4-3-5-10-19/h6-8H,3-5,9-13H2,1-2H3,(H,20,21)(H,22,23). The van der Waals surface area contributed by atoms with Crippen molar-refractivity contribution >= 4 is 28.4 Å². The van der Waals surface area contributed by atoms with E-state index in [4.69, 9.17) is 0 Å². The molecule has 2 rings (SSSR count). The summed E-state index contributed by atoms with van der Waals surface area (Å²) in [6.45, 7) is 1.91. The Morgan fingerprint density at radius 2 is 1.88 bits per heavy atom. The number of hydrogen-bond acceptors (Lipinski definition) is 3. The average Bonchev–Trinajstić information content (AvgIpc) is 2.50. The number of amides is 1. The molecule has 2 N–H and O–H groups in total. The third-order valence-electron chi connectivity index (χ3n) is 5.05. The van der Waals surface area contributed by atoms with Gasteiger partial charge in [-0.15, -0.1) is 0 Å². The van der Waals surface area contributed by atoms with Gasteiger partial charge in [-0.2, -0.15) is 0 Å². The predicted octanol–water partition coefficient (Wildman–Crippen LogP) is 3.63. The molecule has 0 bridgehead atoms. The highest BCUT2D eigenvalue weighted by Gasteiger charge is 2.36. The summed E-state index contributed by atoms with van der Waals surface area (Å²) in [6, 6.07) is 5.60. The maximum Gasteiger partial charge on any atom is 0.303 e. The number of carbonyl (C=O) groups is 2. The van der Waals surface area contributed by atoms with Crippen molar-refractivity contribution in [1.82, 2.24) is 0 Å². The molecule has 0 heterocycles. The van der Waals surface area contributed by atoms with Crippen molar-refractivity contribution in [2.45, 2.75) is 57.6 Å². The largest absolute Gasteiger partial charge is 0.481 e. The van der Waals surface area contributed by atoms with Crippen LogP contribution in [-0.2, 0) is 26.1 Å². The van der Waals surface area contributed by atoms with Crippen LogP contribution in [0.15, 0.2) is 18.2 Å². The van der Waals surface area contributed by atoms with E-state index >= 15 is 0 Å². The summed E-state index contributed by atoms with van der Waals surface area (Å²) in [5.74, 6) is -0.516. The van der Waals surface area contributed by atoms with Crippen LogP contribution in [0, 0.1) is 12.3 Å². The van der Waals surface area contributed by atoms with Gasteiger partial charge in [0.1, 0.15) is 0 Å². The number of benzene rings is 1. The molecular weight excluding hydrogens is 338 g/mol. The molecule has 138 valence electrons. The van der Waals surface area contributed by atoms with Crippen molar-refractivity contribution in [2.75, 3.05) is 11.6 Å². The second kappa shape index (κ2) is 8.61. The lowest BCUT2D eigenvalue weighted by Crippen LogP contribution is -2.32. The average molecular weight is 365 g/mol. The van der Waals surface area contributed by atoms with Crippen LogP contribution in [0.1, 0.15) is 56.1 Å². The highest BCUT2D eigenvalue weighted by Crippen LogP contribution is 2.42. The summed E-state index contributed by atoms with van der Waals surface area (Å²) in [7, 11) is -0.945. The molecule has 0 aliphatic heterocycles. The van der Waals surface area contributed by atoms with Crippen LogP contribution < -0.4 is 5.32 Å². The fourth-order valence-electron chi connectivity index (χ4n) is 3.77. The summed E-state index contributed by atoms with van der Waals surface area (Å²) < 4.78 is 11.5. The van der Waals surface area contributed by atoms with Gasteiger partial charge in [0, 0.05) is 34.9 Å². The fourth-order valence-corrected chi connectivity index (χ4v) is 4.52. The predicted molar refractivity (Wildman–Crippen MR) is 100.0 cm³/mol. The van der Waals surface area contributed by atoms with E-state index in [1.165, 1.54) is 0 Å². The highest BCUT2D eigenvalue weighted by molar-refractivity contribution is 7.83. The molecule has 1 fully saturated rings. The van der Waals surface area contributed by atoms with Crippen LogP contribution in [0.25, 0.3) is 0 Å². The molecule has 1 atom stereocenters. The molecule has 5 nitrogen and oxygen atoms in total. The van der Waals surface area contributed by atoms with Gasteiger partial charge in [-0.3, -0.25) is 13.8 Å². The van der Waals surface area contributed by atoms with E-state index in [-0.39, 0.29) is 18.7 Å². The maximum absolute atomic E-state index is 12.6. The van der Waals surface area contributed by atoms with Crippen LogP contribution in [0.4, 0.5) is 5.69 Å². The third kappa shape index (κ3) is 5.66. The van der Waals surface area contributed by atoms with E-state index in [9.17, 15) is 18.9 Å². The Morgan fingerprint density at radius 1 is 1.20 bits per heavy atom. The molecule has 1 aromatic carbocycles. The number of hydrogen-bond donors (Lipinski definition) is 2. The summed E-state index contributed by atoms with van der Waals surface area (Å²) in [6.07, 6.45) is 6.61. The summed E-state index contributed by atoms with van der Waals surface area (Å²) >= 11 is 0. The number of nitrogens with one attached hydrogen (secondary N) is 1. The summed E-state index contributed by atoms with van der Waals surface area (Å²) in [5, 5.41) is 12.2. The van der Waals surface area contributed by atoms with Crippen molar-refractivity contribution in [3.8, 4) is 0 Å². The van der Waals surface area contributed by atoms with Gasteiger partial charge in [-0.25, -0.2) is 0 Å². The van der Waals surface area contributed by atoms with E-state index < -0.39 is 22.2 Å². The molecule has 1 aromatic rings. The maximum atomic E-state index is 12.6. The van der Waals surface area contributed by atoms with Gasteiger partial charge in [0.05, 0.1) is 6.42 Å². The van der Waals surface area contributed by atoms with E-state index in [0.717, 1.165) is 43.2 Å². The van der Waals surface area contributed by atoms with Crippen LogP contribution in [-0.4, -0.2) is 27.4 Å². The normalized spacial score (nSPS) is 17.7. The highest BCUT2D eigenvalue weighted by atomic mass is 32.2. The van der Waals surface area contributed by atoms with Gasteiger partial charge in [0.25, 0.3) is 0 Å². The van der Waals surface area contributed by atoms with E-state index in [1.54, 1.807) is 6.26 Å². The Hall–Kier alpha value is -1.69. The van der Waals surface area contributed by atoms with Crippen LogP contribution in [0.3, 0.4) is 0 Å². The first-order valence-corrected chi connectivity index (χ1v) is 10.4. The quantitative estimate of drug-likeness (QED) is 0.773. The Bertz CT molecular complexity index is 665. The van der Waals surface area contributed by atoms with Crippen LogP contribution >= 0.6 is 0 Å². The number of anilines is 1. The molecule has 1 amide bonds. The second-order valence-corrected chi connectivity index (χ2v) is 8.60. The van der Waals surface area contributed by atoms with Gasteiger partial charge in [0.2, 0.25) is 5.91 Å². The molecule has 25 heavy (non-hydrogen) atoms. The minimum atomic E-state index is -0.945. The van der Waals surface area contributed by atoms with Gasteiger partial charge in [-0.1, -0.05) is 31.4 Å². The molecule has 1 saturated carbocycles. The van der Waals surface area contributed by atoms with Crippen LogP contribution in [0.2, 0.25) is 0 Å². The second-order valence-electron chi connectivity index (χ2n) is 7.16. The molecule has 1 unspecified atom stereocenters. The van der Waals surface area contributed by atoms with Crippen molar-refractivity contribution in [3.05, 3.63) is 29.3 Å². The molecule has 0 aromatic heterocycles. The summed E-state index contributed by atoms with van der Waals surface area (Å²) in [4.78, 5) is 23.8. The van der Waals surface area contributed by atoms with E-state index in [1.807, 2.05) is 25.1 Å². The molecule has 1 aliphatic carbocycles. The van der Waals surface area contributed by atoms with Crippen LogP contribution in [0.5, 0.6) is 0 Å². The lowest BCUT2D eigenvalue weighted by atomic mass is 9.69. The molecule has 1 aliphatic rings. The van der Waals surface area contributed by atoms with Gasteiger partial charge < -0.3 is 10.4 Å². The molecule has 0 saturated heterocycles. The topological polar surface area (TPSA) is 83.5 Å². The zero-order valence-electron chi connectivity index (χ0n) is 15.0. The minimum absolute atomic E-state index is 0.0499. The molecule has 0 spiro atoms. The first-order valence-electron chi connectivity index (χ1n) is 8.71. The third-order valence-corrected chi connectivity index (χ3v) is 5.77. The number of aliphatic carboxylic acids is 1. The molecule has 6 heteroatoms. The first-order chi connectivity index (χ1) is 11.8. The fraction of sp³-hybridized carbons (Fsp3) is 0.579. The number of carboxylic acid groups (broad SMARTS) is 1. The Morgan fingerprint density at radius 3 is 2.48 bits per heavy atom. The van der Waals surface area contributed by atoms with E-state index in [0.29, 0.717) is 11.4 Å². The van der Waals surface area contributed by atoms with Gasteiger partial charge >= 0.3 is 5.97 Å². The number of rotatable bonds is 7. The Balaban J connectivity index is 2.10. The van der Waals surface area contributed by atoms with Crippen molar-refractivity contribution < 1.29 is 18.9 Å². The Labute approximate surface area is 151 Å². The first kappa shape index (κ1) is 19.6. The van der Waals surface area contributed by atoms with Crippen molar-refractivity contribution in [2.24, 2.45) is 5.41 Å². The van der Waals surface area contributed by atoms with E-state index in [2.05, 4.69) is 5.32 Å². The Kier molecular flexibility index (Phi) is 6.76. The number of carboxylic acids is 1. The smallest absolute Gasteiger partial charge is 0.303 e. The zero-order chi connectivity index (χ0) is 18.4. The van der Waals surface area contributed by atoms with Crippen molar-refractivity contribution in [1.29, 1.82) is 0 Å². The SMILES string of the molecule is Cc1c(CS(C)=O)cccc1NC(=O)CC1(CC(=O)O)CCCCC1. The minimum Gasteiger partial charge on any atom is -0.481 e. The molecule has 0 radical (unpaired) electrons. The zero-order valence-corrected chi connectivity index (χ0v) is 15.8. The number of carbonyl (C=O) groups excluding carboxylic acids is 1. The summed E-state index contributed by atoms with van der Waals surface area (Å²) in [5.41, 5.74) is 2.16. The monoisotopic (exact) mass is 365 g/mol. The molecular formula is C19H27NO4S. The van der Waals surface area contributed by atoms with Crippen molar-refractivity contribution in [3.63, 3.8) is 0 Å². The lowest BCUT2D eigenvalue weighted by molar-refractivity contribution is -0.140.